The molecule has 0 saturated heterocycles. The number of aryl methyl sites for hydroxylation is 2. The number of thiazole rings is 1. The number of nitrogens with one attached hydrogen (secondary N) is 2. The number of carbonyl (C=O) groups excluding carboxylic acids is 1. The molecule has 4 rings (SSSR count). The zero-order valence-electron chi connectivity index (χ0n) is 16.6. The van der Waals surface area contributed by atoms with Crippen LogP contribution in [0, 0.1) is 13.8 Å². The number of aromatic amines is 1. The number of rotatable bonds is 6. The topological polar surface area (TPSA) is 128 Å². The Kier molecular flexibility index (Phi) is 5.19. The smallest absolute Gasteiger partial charge is 0.322 e. The third kappa shape index (κ3) is 3.74. The van der Waals surface area contributed by atoms with Gasteiger partial charge in [-0.2, -0.15) is 5.10 Å². The molecule has 0 fully saturated rings. The third-order valence-electron chi connectivity index (χ3n) is 4.25. The van der Waals surface area contributed by atoms with Crippen molar-refractivity contribution in [2.24, 2.45) is 0 Å². The molecule has 1 amide bonds. The van der Waals surface area contributed by atoms with Crippen LogP contribution in [0.25, 0.3) is 22.0 Å². The van der Waals surface area contributed by atoms with Crippen LogP contribution >= 0.6 is 11.3 Å². The predicted octanol–water partition coefficient (Wildman–Crippen LogP) is 3.47. The summed E-state index contributed by atoms with van der Waals surface area (Å²) in [5.74, 6) is 1.08. The van der Waals surface area contributed by atoms with Gasteiger partial charge in [-0.25, -0.2) is 4.98 Å². The van der Waals surface area contributed by atoms with E-state index in [-0.39, 0.29) is 11.7 Å². The van der Waals surface area contributed by atoms with E-state index in [4.69, 9.17) is 13.9 Å². The molecular weight excluding hydrogens is 408 g/mol. The molecule has 0 saturated carbocycles. The second-order valence-electron chi connectivity index (χ2n) is 6.25. The Bertz CT molecular complexity index is 1210. The molecule has 3 heterocycles. The van der Waals surface area contributed by atoms with E-state index in [9.17, 15) is 4.79 Å². The fourth-order valence-electron chi connectivity index (χ4n) is 2.85. The van der Waals surface area contributed by atoms with Crippen molar-refractivity contribution in [1.82, 2.24) is 25.4 Å². The van der Waals surface area contributed by atoms with E-state index < -0.39 is 5.91 Å². The average molecular weight is 426 g/mol. The molecule has 30 heavy (non-hydrogen) atoms. The van der Waals surface area contributed by atoms with Crippen molar-refractivity contribution in [3.8, 4) is 33.5 Å². The summed E-state index contributed by atoms with van der Waals surface area (Å²) in [5, 5.41) is 18.2. The molecular formula is C19H18N6O4S. The first-order chi connectivity index (χ1) is 14.5. The molecule has 2 N–H and O–H groups in total. The fourth-order valence-corrected chi connectivity index (χ4v) is 3.69. The number of H-pyrrole nitrogens is 1. The lowest BCUT2D eigenvalue weighted by Gasteiger charge is -2.08. The summed E-state index contributed by atoms with van der Waals surface area (Å²) >= 11 is 1.45. The number of carbonyl (C=O) groups is 1. The average Bonchev–Trinajstić information content (AvgIpc) is 3.47. The number of nitrogens with zero attached hydrogens (tertiary/aromatic N) is 4. The number of aromatic nitrogens is 5. The second kappa shape index (κ2) is 7.95. The van der Waals surface area contributed by atoms with Crippen LogP contribution in [0.1, 0.15) is 21.2 Å². The van der Waals surface area contributed by atoms with E-state index in [1.54, 1.807) is 38.5 Å². The molecule has 154 valence electrons. The Morgan fingerprint density at radius 3 is 2.70 bits per heavy atom. The van der Waals surface area contributed by atoms with Crippen molar-refractivity contribution in [3.05, 3.63) is 40.7 Å². The minimum atomic E-state index is -0.469. The maximum atomic E-state index is 12.6. The maximum Gasteiger partial charge on any atom is 0.322 e. The molecule has 0 spiro atoms. The first-order valence-electron chi connectivity index (χ1n) is 8.85. The highest BCUT2D eigenvalue weighted by atomic mass is 32.1. The van der Waals surface area contributed by atoms with E-state index in [1.165, 1.54) is 11.3 Å². The van der Waals surface area contributed by atoms with Crippen molar-refractivity contribution in [2.75, 3.05) is 19.5 Å². The van der Waals surface area contributed by atoms with Crippen LogP contribution in [0.4, 0.5) is 6.01 Å². The monoisotopic (exact) mass is 426 g/mol. The SMILES string of the molecule is COc1ccc(OC)c(-c2cc(C(=O)Nc3nnc(-c4sc(C)nc4C)o3)[nH]n2)c1. The zero-order valence-corrected chi connectivity index (χ0v) is 17.5. The first kappa shape index (κ1) is 19.6. The Morgan fingerprint density at radius 2 is 2.00 bits per heavy atom. The van der Waals surface area contributed by atoms with Crippen LogP contribution in [0.2, 0.25) is 0 Å². The van der Waals surface area contributed by atoms with Crippen LogP contribution in [-0.2, 0) is 0 Å². The van der Waals surface area contributed by atoms with Crippen LogP contribution in [0.5, 0.6) is 11.5 Å². The molecule has 1 aromatic carbocycles. The fraction of sp³-hybridized carbons (Fsp3) is 0.211. The van der Waals surface area contributed by atoms with Gasteiger partial charge in [0.1, 0.15) is 22.1 Å². The number of methoxy groups -OCH3 is 2. The van der Waals surface area contributed by atoms with Crippen molar-refractivity contribution in [1.29, 1.82) is 0 Å². The quantitative estimate of drug-likeness (QED) is 0.480. The minimum Gasteiger partial charge on any atom is -0.497 e. The highest BCUT2D eigenvalue weighted by molar-refractivity contribution is 7.15. The number of amides is 1. The number of benzene rings is 1. The molecule has 4 aromatic rings. The van der Waals surface area contributed by atoms with E-state index in [2.05, 4.69) is 30.7 Å². The van der Waals surface area contributed by atoms with E-state index in [0.717, 1.165) is 15.6 Å². The Morgan fingerprint density at radius 1 is 1.17 bits per heavy atom. The lowest BCUT2D eigenvalue weighted by Crippen LogP contribution is -2.12. The molecule has 0 unspecified atom stereocenters. The molecule has 0 radical (unpaired) electrons. The van der Waals surface area contributed by atoms with Gasteiger partial charge in [0.2, 0.25) is 0 Å². The van der Waals surface area contributed by atoms with Gasteiger partial charge >= 0.3 is 6.01 Å². The van der Waals surface area contributed by atoms with Gasteiger partial charge in [-0.3, -0.25) is 15.2 Å². The van der Waals surface area contributed by atoms with Gasteiger partial charge in [-0.05, 0) is 38.1 Å². The normalized spacial score (nSPS) is 10.8. The number of anilines is 1. The molecule has 11 heteroatoms. The Hall–Kier alpha value is -3.73. The lowest BCUT2D eigenvalue weighted by molar-refractivity contribution is 0.101. The van der Waals surface area contributed by atoms with Gasteiger partial charge in [0.25, 0.3) is 11.8 Å². The van der Waals surface area contributed by atoms with Crippen molar-refractivity contribution >= 4 is 23.3 Å². The van der Waals surface area contributed by atoms with Crippen molar-refractivity contribution in [3.63, 3.8) is 0 Å². The summed E-state index contributed by atoms with van der Waals surface area (Å²) in [4.78, 5) is 17.7. The summed E-state index contributed by atoms with van der Waals surface area (Å²) in [6, 6.07) is 6.91. The summed E-state index contributed by atoms with van der Waals surface area (Å²) < 4.78 is 16.2. The van der Waals surface area contributed by atoms with Crippen molar-refractivity contribution in [2.45, 2.75) is 13.8 Å². The largest absolute Gasteiger partial charge is 0.497 e. The number of ether oxygens (including phenoxy) is 2. The minimum absolute atomic E-state index is 0.0180. The summed E-state index contributed by atoms with van der Waals surface area (Å²) in [5.41, 5.74) is 2.23. The molecule has 3 aromatic heterocycles. The van der Waals surface area contributed by atoms with Crippen LogP contribution < -0.4 is 14.8 Å². The van der Waals surface area contributed by atoms with Gasteiger partial charge < -0.3 is 13.9 Å². The van der Waals surface area contributed by atoms with Gasteiger partial charge in [0, 0.05) is 5.56 Å². The molecule has 0 bridgehead atoms. The van der Waals surface area contributed by atoms with Crippen LogP contribution in [-0.4, -0.2) is 45.5 Å². The van der Waals surface area contributed by atoms with Crippen molar-refractivity contribution < 1.29 is 18.7 Å². The summed E-state index contributed by atoms with van der Waals surface area (Å²) in [7, 11) is 3.13. The van der Waals surface area contributed by atoms with Gasteiger partial charge in [-0.15, -0.1) is 16.4 Å². The molecule has 0 aliphatic heterocycles. The Labute approximate surface area is 175 Å². The van der Waals surface area contributed by atoms with E-state index >= 15 is 0 Å². The first-order valence-corrected chi connectivity index (χ1v) is 9.67. The third-order valence-corrected chi connectivity index (χ3v) is 5.31. The van der Waals surface area contributed by atoms with Gasteiger partial charge in [-0.1, -0.05) is 5.10 Å². The predicted molar refractivity (Wildman–Crippen MR) is 110 cm³/mol. The number of hydrogen-bond donors (Lipinski definition) is 2. The van der Waals surface area contributed by atoms with E-state index in [0.29, 0.717) is 28.6 Å². The standard InChI is InChI=1S/C19H18N6O4S/c1-9-16(30-10(2)20-9)18-24-25-19(29-18)21-17(26)14-8-13(22-23-14)12-7-11(27-3)5-6-15(12)28-4/h5-8H,1-4H3,(H,22,23)(H,21,25,26). The van der Waals surface area contributed by atoms with Gasteiger partial charge in [0.05, 0.1) is 30.6 Å². The molecule has 0 aliphatic carbocycles. The summed E-state index contributed by atoms with van der Waals surface area (Å²) in [6.45, 7) is 3.76. The molecule has 0 atom stereocenters. The maximum absolute atomic E-state index is 12.6. The van der Waals surface area contributed by atoms with Gasteiger partial charge in [0.15, 0.2) is 0 Å². The lowest BCUT2D eigenvalue weighted by atomic mass is 10.1. The van der Waals surface area contributed by atoms with Crippen LogP contribution in [0.15, 0.2) is 28.7 Å². The Balaban J connectivity index is 1.54. The number of hydrogen-bond acceptors (Lipinski definition) is 9. The molecule has 0 aliphatic rings. The highest BCUT2D eigenvalue weighted by Gasteiger charge is 2.19. The zero-order chi connectivity index (χ0) is 21.3. The summed E-state index contributed by atoms with van der Waals surface area (Å²) in [6.07, 6.45) is 0. The molecule has 10 nitrogen and oxygen atoms in total. The van der Waals surface area contributed by atoms with Crippen LogP contribution in [0.3, 0.4) is 0 Å². The highest BCUT2D eigenvalue weighted by Crippen LogP contribution is 2.33. The second-order valence-corrected chi connectivity index (χ2v) is 7.45. The van der Waals surface area contributed by atoms with E-state index in [1.807, 2.05) is 13.8 Å².